The summed E-state index contributed by atoms with van der Waals surface area (Å²) >= 11 is 1.07. The maximum absolute atomic E-state index is 14.7. The minimum atomic E-state index is -0.532. The minimum Gasteiger partial charge on any atom is -0.496 e. The number of benzene rings is 1. The van der Waals surface area contributed by atoms with Gasteiger partial charge in [-0.3, -0.25) is 15.1 Å². The fourth-order valence-corrected chi connectivity index (χ4v) is 3.89. The zero-order valence-corrected chi connectivity index (χ0v) is 23.9. The highest BCUT2D eigenvalue weighted by Crippen LogP contribution is 2.35. The number of ether oxygens (including phenoxy) is 2. The van der Waals surface area contributed by atoms with Crippen molar-refractivity contribution >= 4 is 22.4 Å². The quantitative estimate of drug-likeness (QED) is 0.174. The van der Waals surface area contributed by atoms with Crippen molar-refractivity contribution in [2.24, 2.45) is 0 Å². The number of nitrogens with one attached hydrogen (secondary N) is 1. The van der Waals surface area contributed by atoms with Gasteiger partial charge in [0.15, 0.2) is 0 Å². The third-order valence-electron chi connectivity index (χ3n) is 5.01. The Morgan fingerprint density at radius 2 is 2.00 bits per heavy atom. The molecule has 208 valence electrons. The van der Waals surface area contributed by atoms with E-state index >= 15 is 0 Å². The van der Waals surface area contributed by atoms with Crippen molar-refractivity contribution in [2.45, 2.75) is 47.1 Å². The summed E-state index contributed by atoms with van der Waals surface area (Å²) in [5.41, 5.74) is 2.15. The molecule has 0 aliphatic heterocycles. The molecule has 0 aliphatic carbocycles. The van der Waals surface area contributed by atoms with Gasteiger partial charge in [-0.25, -0.2) is 4.39 Å². The van der Waals surface area contributed by atoms with E-state index in [9.17, 15) is 14.3 Å². The molecule has 3 aromatic rings. The Balaban J connectivity index is 0.00000181. The molecule has 0 aliphatic rings. The molecule has 2 heterocycles. The first-order valence-electron chi connectivity index (χ1n) is 12.2. The number of carbonyl (C=O) groups is 1. The van der Waals surface area contributed by atoms with Crippen LogP contribution >= 0.6 is 11.3 Å². The zero-order valence-electron chi connectivity index (χ0n) is 23.1. The number of nitrogens with zero attached hydrogens (tertiary/aromatic N) is 3. The van der Waals surface area contributed by atoms with Crippen LogP contribution in [-0.2, 0) is 0 Å². The average Bonchev–Trinajstić information content (AvgIpc) is 3.39. The fraction of sp³-hybridized carbons (Fsp3) is 0.310. The number of amides is 1. The molecule has 1 atom stereocenters. The first-order valence-corrected chi connectivity index (χ1v) is 13.1. The number of hydrogen-bond acceptors (Lipinski definition) is 8. The fourth-order valence-electron chi connectivity index (χ4n) is 3.28. The standard InChI is InChI=1S/C25H27FN4O4S.C2H6.C2H2/c1-5-17(16(3)31)9-6-7-12-34-25-30-29-24(35-25)28-23(32)19-14-27-15(2)13-18(19)22-20(26)10-8-11-21(22)33-4;2*1-2/h5-6,8-11,13-14,16,31H,7,12H2,1-4H3,(H,28,29,32);1-2H3;1-2H/b9-6-,17-5+;;. The van der Waals surface area contributed by atoms with Crippen molar-refractivity contribution in [2.75, 3.05) is 19.0 Å². The second-order valence-corrected chi connectivity index (χ2v) is 8.46. The van der Waals surface area contributed by atoms with E-state index in [1.54, 1.807) is 26.0 Å². The lowest BCUT2D eigenvalue weighted by Crippen LogP contribution is -2.14. The third kappa shape index (κ3) is 9.63. The molecule has 1 amide bonds. The third-order valence-corrected chi connectivity index (χ3v) is 5.76. The SMILES string of the molecule is C#C.C/C=C(\C=C/CCOc1nnc(NC(=O)c2cnc(C)cc2-c2c(F)cccc2OC)s1)C(C)O.CC. The van der Waals surface area contributed by atoms with Crippen molar-refractivity contribution in [1.29, 1.82) is 0 Å². The molecule has 0 saturated heterocycles. The number of methoxy groups -OCH3 is 1. The van der Waals surface area contributed by atoms with E-state index in [0.717, 1.165) is 16.9 Å². The second-order valence-electron chi connectivity index (χ2n) is 7.52. The molecule has 8 nitrogen and oxygen atoms in total. The number of aliphatic hydroxyl groups is 1. The second kappa shape index (κ2) is 17.4. The number of rotatable bonds is 10. The molecule has 1 aromatic carbocycles. The maximum Gasteiger partial charge on any atom is 0.295 e. The van der Waals surface area contributed by atoms with Crippen LogP contribution in [0.5, 0.6) is 10.9 Å². The Hall–Kier alpha value is -4.07. The van der Waals surface area contributed by atoms with E-state index in [4.69, 9.17) is 9.47 Å². The summed E-state index contributed by atoms with van der Waals surface area (Å²) in [7, 11) is 1.44. The van der Waals surface area contributed by atoms with Gasteiger partial charge in [0.2, 0.25) is 5.13 Å². The Morgan fingerprint density at radius 3 is 2.64 bits per heavy atom. The van der Waals surface area contributed by atoms with E-state index in [1.807, 2.05) is 39.0 Å². The molecule has 3 rings (SSSR count). The molecule has 1 unspecified atom stereocenters. The van der Waals surface area contributed by atoms with Gasteiger partial charge in [0, 0.05) is 17.5 Å². The molecule has 0 saturated carbocycles. The predicted octanol–water partition coefficient (Wildman–Crippen LogP) is 6.24. The number of terminal acetylenes is 1. The van der Waals surface area contributed by atoms with E-state index in [1.165, 1.54) is 25.4 Å². The number of hydrogen-bond donors (Lipinski definition) is 2. The number of halogens is 1. The number of aromatic nitrogens is 3. The number of allylic oxidation sites excluding steroid dienone is 1. The van der Waals surface area contributed by atoms with Gasteiger partial charge in [-0.15, -0.1) is 17.9 Å². The minimum absolute atomic E-state index is 0.166. The first kappa shape index (κ1) is 33.0. The molecular formula is C29H35FN4O4S. The lowest BCUT2D eigenvalue weighted by Gasteiger charge is -2.14. The van der Waals surface area contributed by atoms with Gasteiger partial charge in [0.25, 0.3) is 11.1 Å². The average molecular weight is 555 g/mol. The van der Waals surface area contributed by atoms with Crippen LogP contribution < -0.4 is 14.8 Å². The molecule has 10 heteroatoms. The number of aryl methyl sites for hydroxylation is 1. The Kier molecular flexibility index (Phi) is 14.7. The van der Waals surface area contributed by atoms with Gasteiger partial charge in [-0.05, 0) is 62.3 Å². The summed E-state index contributed by atoms with van der Waals surface area (Å²) in [4.78, 5) is 17.2. The van der Waals surface area contributed by atoms with Crippen LogP contribution in [0.15, 0.2) is 54.3 Å². The van der Waals surface area contributed by atoms with Crippen LogP contribution in [0.2, 0.25) is 0 Å². The van der Waals surface area contributed by atoms with E-state index < -0.39 is 17.8 Å². The number of anilines is 1. The lowest BCUT2D eigenvalue weighted by molar-refractivity contribution is 0.102. The van der Waals surface area contributed by atoms with Crippen LogP contribution in [0.4, 0.5) is 9.52 Å². The largest absolute Gasteiger partial charge is 0.496 e. The van der Waals surface area contributed by atoms with E-state index in [-0.39, 0.29) is 16.3 Å². The van der Waals surface area contributed by atoms with Crippen molar-refractivity contribution < 1.29 is 23.8 Å². The first-order chi connectivity index (χ1) is 18.8. The summed E-state index contributed by atoms with van der Waals surface area (Å²) in [5, 5.41) is 20.7. The summed E-state index contributed by atoms with van der Waals surface area (Å²) in [5.74, 6) is -0.722. The van der Waals surface area contributed by atoms with Crippen LogP contribution in [0.25, 0.3) is 11.1 Å². The van der Waals surface area contributed by atoms with Gasteiger partial charge >= 0.3 is 0 Å². The highest BCUT2D eigenvalue weighted by atomic mass is 32.1. The summed E-state index contributed by atoms with van der Waals surface area (Å²) in [6.07, 6.45) is 15.1. The predicted molar refractivity (Wildman–Crippen MR) is 155 cm³/mol. The molecule has 39 heavy (non-hydrogen) atoms. The Bertz CT molecular complexity index is 1290. The lowest BCUT2D eigenvalue weighted by atomic mass is 9.98. The molecule has 0 bridgehead atoms. The maximum atomic E-state index is 14.7. The zero-order chi connectivity index (χ0) is 29.4. The van der Waals surface area contributed by atoms with Crippen molar-refractivity contribution in [3.63, 3.8) is 0 Å². The molecular weight excluding hydrogens is 519 g/mol. The van der Waals surface area contributed by atoms with E-state index in [2.05, 4.69) is 33.3 Å². The molecule has 2 aromatic heterocycles. The van der Waals surface area contributed by atoms with Crippen LogP contribution in [-0.4, -0.2) is 46.0 Å². The van der Waals surface area contributed by atoms with Gasteiger partial charge in [0.1, 0.15) is 11.6 Å². The Labute approximate surface area is 233 Å². The number of aliphatic hydroxyl groups excluding tert-OH is 1. The van der Waals surface area contributed by atoms with Gasteiger partial charge in [-0.1, -0.05) is 43.2 Å². The van der Waals surface area contributed by atoms with Crippen molar-refractivity contribution in [1.82, 2.24) is 15.2 Å². The summed E-state index contributed by atoms with van der Waals surface area (Å²) < 4.78 is 25.6. The van der Waals surface area contributed by atoms with Crippen molar-refractivity contribution in [3.8, 4) is 34.9 Å². The highest BCUT2D eigenvalue weighted by molar-refractivity contribution is 7.17. The monoisotopic (exact) mass is 554 g/mol. The van der Waals surface area contributed by atoms with Crippen LogP contribution in [0, 0.1) is 25.6 Å². The highest BCUT2D eigenvalue weighted by Gasteiger charge is 2.21. The topological polar surface area (TPSA) is 106 Å². The number of pyridine rings is 1. The van der Waals surface area contributed by atoms with Crippen LogP contribution in [0.1, 0.15) is 50.2 Å². The molecule has 0 fully saturated rings. The Morgan fingerprint density at radius 1 is 1.28 bits per heavy atom. The summed E-state index contributed by atoms with van der Waals surface area (Å²) in [6, 6.07) is 6.11. The van der Waals surface area contributed by atoms with Gasteiger partial charge in [-0.2, -0.15) is 0 Å². The molecule has 0 spiro atoms. The van der Waals surface area contributed by atoms with Crippen molar-refractivity contribution in [3.05, 3.63) is 71.3 Å². The molecule has 2 N–H and O–H groups in total. The van der Waals surface area contributed by atoms with E-state index in [0.29, 0.717) is 35.2 Å². The van der Waals surface area contributed by atoms with Gasteiger partial charge < -0.3 is 14.6 Å². The smallest absolute Gasteiger partial charge is 0.295 e. The summed E-state index contributed by atoms with van der Waals surface area (Å²) in [6.45, 7) is 9.68. The molecule has 0 radical (unpaired) electrons. The van der Waals surface area contributed by atoms with Gasteiger partial charge in [0.05, 0.1) is 30.9 Å². The van der Waals surface area contributed by atoms with Crippen LogP contribution in [0.3, 0.4) is 0 Å². The number of carbonyl (C=O) groups excluding carboxylic acids is 1. The normalized spacial score (nSPS) is 11.5.